The number of nitrogens with one attached hydrogen (secondary N) is 1. The van der Waals surface area contributed by atoms with E-state index in [0.717, 1.165) is 42.7 Å². The van der Waals surface area contributed by atoms with Gasteiger partial charge in [0.1, 0.15) is 12.4 Å². The Morgan fingerprint density at radius 2 is 2.04 bits per heavy atom. The molecule has 1 N–H and O–H groups in total. The van der Waals surface area contributed by atoms with E-state index in [4.69, 9.17) is 4.74 Å². The number of rotatable bonds is 5. The fourth-order valence-corrected chi connectivity index (χ4v) is 4.21. The smallest absolute Gasteiger partial charge is 0.232 e. The second-order valence-corrected chi connectivity index (χ2v) is 7.11. The van der Waals surface area contributed by atoms with Crippen LogP contribution in [0.5, 0.6) is 5.75 Å². The van der Waals surface area contributed by atoms with Crippen molar-refractivity contribution in [3.63, 3.8) is 0 Å². The van der Waals surface area contributed by atoms with Gasteiger partial charge in [-0.3, -0.25) is 4.79 Å². The van der Waals surface area contributed by atoms with Gasteiger partial charge in [-0.05, 0) is 36.4 Å². The first-order valence-electron chi connectivity index (χ1n) is 8.48. The first kappa shape index (κ1) is 18.4. The van der Waals surface area contributed by atoms with E-state index < -0.39 is 17.0 Å². The summed E-state index contributed by atoms with van der Waals surface area (Å²) in [5.74, 6) is 4.07. The van der Waals surface area contributed by atoms with Crippen LogP contribution in [0.25, 0.3) is 0 Å². The van der Waals surface area contributed by atoms with Gasteiger partial charge >= 0.3 is 0 Å². The molecule has 3 rings (SSSR count). The monoisotopic (exact) mass is 375 g/mol. The second-order valence-electron chi connectivity index (χ2n) is 6.17. The minimum atomic E-state index is -0.765. The van der Waals surface area contributed by atoms with Crippen LogP contribution in [0.4, 0.5) is 8.78 Å². The zero-order valence-corrected chi connectivity index (χ0v) is 15.0. The fraction of sp³-hybridized carbons (Fsp3) is 0.350. The first-order valence-corrected chi connectivity index (χ1v) is 9.36. The Morgan fingerprint density at radius 1 is 1.23 bits per heavy atom. The molecule has 1 aliphatic rings. The Bertz CT molecular complexity index is 818. The molecule has 1 heterocycles. The number of benzene rings is 1. The Balaban J connectivity index is 1.50. The maximum atomic E-state index is 13.4. The molecule has 1 amide bonds. The molecule has 1 saturated carbocycles. The number of carbonyl (C=O) groups excluding carboxylic acids is 1. The Labute approximate surface area is 155 Å². The van der Waals surface area contributed by atoms with Crippen LogP contribution in [0.1, 0.15) is 30.6 Å². The SMILES string of the molecule is O=C(NCC#CCOc1ccc(F)cc1F)C1(c2cccs2)CCCC1. The molecule has 0 aliphatic heterocycles. The molecule has 0 unspecified atom stereocenters. The molecule has 3 nitrogen and oxygen atoms in total. The van der Waals surface area contributed by atoms with Crippen molar-refractivity contribution in [1.82, 2.24) is 5.32 Å². The summed E-state index contributed by atoms with van der Waals surface area (Å²) in [7, 11) is 0. The minimum absolute atomic E-state index is 0.0113. The highest BCUT2D eigenvalue weighted by atomic mass is 32.1. The van der Waals surface area contributed by atoms with Crippen LogP contribution < -0.4 is 10.1 Å². The molecule has 0 radical (unpaired) electrons. The predicted molar refractivity (Wildman–Crippen MR) is 97.1 cm³/mol. The molecule has 0 atom stereocenters. The molecule has 136 valence electrons. The summed E-state index contributed by atoms with van der Waals surface area (Å²) in [6, 6.07) is 7.09. The number of hydrogen-bond donors (Lipinski definition) is 1. The minimum Gasteiger partial charge on any atom is -0.478 e. The predicted octanol–water partition coefficient (Wildman–Crippen LogP) is 4.04. The standard InChI is InChI=1S/C20H19F2NO2S/c21-15-7-8-17(16(22)14-15)25-12-4-3-11-23-19(24)20(9-1-2-10-20)18-6-5-13-26-18/h5-8,13-14H,1-2,9-12H2,(H,23,24). The van der Waals surface area contributed by atoms with Gasteiger partial charge < -0.3 is 10.1 Å². The molecular formula is C20H19F2NO2S. The quantitative estimate of drug-likeness (QED) is 0.801. The van der Waals surface area contributed by atoms with Gasteiger partial charge in [0.25, 0.3) is 0 Å². The third kappa shape index (κ3) is 4.05. The fourth-order valence-electron chi connectivity index (χ4n) is 3.23. The lowest BCUT2D eigenvalue weighted by molar-refractivity contribution is -0.126. The van der Waals surface area contributed by atoms with E-state index in [0.29, 0.717) is 0 Å². The van der Waals surface area contributed by atoms with Gasteiger partial charge in [-0.1, -0.05) is 30.7 Å². The highest BCUT2D eigenvalue weighted by molar-refractivity contribution is 7.10. The van der Waals surface area contributed by atoms with E-state index in [1.165, 1.54) is 6.07 Å². The summed E-state index contributed by atoms with van der Waals surface area (Å²) >= 11 is 1.62. The molecule has 0 saturated heterocycles. The van der Waals surface area contributed by atoms with Gasteiger partial charge in [0.2, 0.25) is 5.91 Å². The van der Waals surface area contributed by atoms with Crippen LogP contribution in [-0.2, 0) is 10.2 Å². The van der Waals surface area contributed by atoms with Gasteiger partial charge in [0.15, 0.2) is 11.6 Å². The summed E-state index contributed by atoms with van der Waals surface area (Å²) in [6.45, 7) is 0.176. The van der Waals surface area contributed by atoms with Crippen LogP contribution in [-0.4, -0.2) is 19.1 Å². The van der Waals surface area contributed by atoms with Gasteiger partial charge in [-0.15, -0.1) is 11.3 Å². The summed E-state index contributed by atoms with van der Waals surface area (Å²) in [6.07, 6.45) is 3.82. The van der Waals surface area contributed by atoms with E-state index in [1.54, 1.807) is 11.3 Å². The van der Waals surface area contributed by atoms with Crippen LogP contribution in [0, 0.1) is 23.5 Å². The van der Waals surface area contributed by atoms with E-state index in [1.807, 2.05) is 17.5 Å². The number of ether oxygens (including phenoxy) is 1. The van der Waals surface area contributed by atoms with Gasteiger partial charge in [-0.2, -0.15) is 0 Å². The molecule has 6 heteroatoms. The van der Waals surface area contributed by atoms with Crippen molar-refractivity contribution in [3.8, 4) is 17.6 Å². The topological polar surface area (TPSA) is 38.3 Å². The van der Waals surface area contributed by atoms with E-state index in [-0.39, 0.29) is 24.8 Å². The normalized spacial score (nSPS) is 15.2. The van der Waals surface area contributed by atoms with Gasteiger partial charge in [0.05, 0.1) is 12.0 Å². The maximum Gasteiger partial charge on any atom is 0.232 e. The molecule has 0 spiro atoms. The number of amides is 1. The van der Waals surface area contributed by atoms with Crippen LogP contribution in [0.3, 0.4) is 0 Å². The first-order chi connectivity index (χ1) is 12.6. The number of carbonyl (C=O) groups is 1. The van der Waals surface area contributed by atoms with E-state index >= 15 is 0 Å². The average Bonchev–Trinajstić information content (AvgIpc) is 3.31. The highest BCUT2D eigenvalue weighted by Crippen LogP contribution is 2.43. The Morgan fingerprint density at radius 3 is 2.73 bits per heavy atom. The zero-order valence-electron chi connectivity index (χ0n) is 14.2. The lowest BCUT2D eigenvalue weighted by atomic mass is 9.83. The lowest BCUT2D eigenvalue weighted by Gasteiger charge is -2.26. The second kappa shape index (κ2) is 8.33. The van der Waals surface area contributed by atoms with Crippen molar-refractivity contribution in [2.24, 2.45) is 0 Å². The van der Waals surface area contributed by atoms with Crippen LogP contribution >= 0.6 is 11.3 Å². The van der Waals surface area contributed by atoms with Crippen molar-refractivity contribution in [2.75, 3.05) is 13.2 Å². The van der Waals surface area contributed by atoms with Crippen molar-refractivity contribution in [1.29, 1.82) is 0 Å². The zero-order chi connectivity index (χ0) is 18.4. The maximum absolute atomic E-state index is 13.4. The number of thiophene rings is 1. The van der Waals surface area contributed by atoms with Crippen molar-refractivity contribution >= 4 is 17.2 Å². The number of hydrogen-bond acceptors (Lipinski definition) is 3. The van der Waals surface area contributed by atoms with E-state index in [2.05, 4.69) is 17.2 Å². The molecule has 1 aromatic carbocycles. The highest BCUT2D eigenvalue weighted by Gasteiger charge is 2.43. The van der Waals surface area contributed by atoms with Gasteiger partial charge in [-0.25, -0.2) is 8.78 Å². The number of halogens is 2. The molecule has 1 fully saturated rings. The lowest BCUT2D eigenvalue weighted by Crippen LogP contribution is -2.42. The summed E-state index contributed by atoms with van der Waals surface area (Å²) in [5.41, 5.74) is -0.427. The molecule has 1 aliphatic carbocycles. The molecule has 26 heavy (non-hydrogen) atoms. The van der Waals surface area contributed by atoms with Crippen molar-refractivity contribution in [3.05, 3.63) is 52.2 Å². The van der Waals surface area contributed by atoms with E-state index in [9.17, 15) is 13.6 Å². The van der Waals surface area contributed by atoms with Crippen LogP contribution in [0.15, 0.2) is 35.7 Å². The Hall–Kier alpha value is -2.39. The van der Waals surface area contributed by atoms with Crippen LogP contribution in [0.2, 0.25) is 0 Å². The Kier molecular flexibility index (Phi) is 5.89. The summed E-state index contributed by atoms with van der Waals surface area (Å²) in [5, 5.41) is 4.88. The third-order valence-electron chi connectivity index (χ3n) is 4.54. The summed E-state index contributed by atoms with van der Waals surface area (Å²) < 4.78 is 31.4. The van der Waals surface area contributed by atoms with Crippen molar-refractivity contribution in [2.45, 2.75) is 31.1 Å². The molecule has 2 aromatic rings. The molecule has 0 bridgehead atoms. The molecular weight excluding hydrogens is 356 g/mol. The average molecular weight is 375 g/mol. The summed E-state index contributed by atoms with van der Waals surface area (Å²) in [4.78, 5) is 13.8. The molecule has 1 aromatic heterocycles. The van der Waals surface area contributed by atoms with Crippen molar-refractivity contribution < 1.29 is 18.3 Å². The largest absolute Gasteiger partial charge is 0.478 e. The third-order valence-corrected chi connectivity index (χ3v) is 5.61. The van der Waals surface area contributed by atoms with Gasteiger partial charge in [0, 0.05) is 10.9 Å².